The molecule has 1 saturated heterocycles. The molecule has 116 valence electrons. The van der Waals surface area contributed by atoms with Crippen molar-refractivity contribution in [3.8, 4) is 0 Å². The molecule has 1 atom stereocenters. The van der Waals surface area contributed by atoms with E-state index in [1.54, 1.807) is 4.90 Å². The predicted octanol–water partition coefficient (Wildman–Crippen LogP) is 3.60. The normalized spacial score (nSPS) is 19.4. The number of carbonyl (C=O) groups excluding carboxylic acids is 1. The Kier molecular flexibility index (Phi) is 5.23. The van der Waals surface area contributed by atoms with Gasteiger partial charge in [0.2, 0.25) is 0 Å². The lowest BCUT2D eigenvalue weighted by atomic mass is 10.1. The van der Waals surface area contributed by atoms with Gasteiger partial charge in [0.25, 0.3) is 0 Å². The Morgan fingerprint density at radius 1 is 1.33 bits per heavy atom. The molecule has 4 heteroatoms. The van der Waals surface area contributed by atoms with Crippen LogP contribution in [0, 0.1) is 0 Å². The van der Waals surface area contributed by atoms with Gasteiger partial charge >= 0.3 is 6.09 Å². The van der Waals surface area contributed by atoms with Crippen molar-refractivity contribution in [2.45, 2.75) is 51.9 Å². The molecule has 0 aromatic heterocycles. The molecule has 0 N–H and O–H groups in total. The van der Waals surface area contributed by atoms with Gasteiger partial charge in [-0.3, -0.25) is 4.90 Å². The number of rotatable bonds is 3. The molecule has 0 unspecified atom stereocenters. The van der Waals surface area contributed by atoms with Gasteiger partial charge in [0.1, 0.15) is 11.8 Å². The third-order valence-corrected chi connectivity index (χ3v) is 3.35. The van der Waals surface area contributed by atoms with Crippen LogP contribution in [0.15, 0.2) is 30.3 Å². The van der Waals surface area contributed by atoms with E-state index in [1.807, 2.05) is 39.0 Å². The standard InChI is InChI=1S/C17H25NO3/c1-17(2,3)21-16(19)18-12-7-13-20-15(18)11-10-14-8-5-4-6-9-14/h4-6,8-9,15H,7,10-13H2,1-3H3/t15-/m1/s1. The van der Waals surface area contributed by atoms with Gasteiger partial charge < -0.3 is 9.47 Å². The van der Waals surface area contributed by atoms with Gasteiger partial charge in [-0.25, -0.2) is 4.79 Å². The first-order valence-corrected chi connectivity index (χ1v) is 7.61. The second-order valence-electron chi connectivity index (χ2n) is 6.38. The molecule has 0 radical (unpaired) electrons. The maximum absolute atomic E-state index is 12.3. The fourth-order valence-corrected chi connectivity index (χ4v) is 2.39. The summed E-state index contributed by atoms with van der Waals surface area (Å²) in [4.78, 5) is 14.0. The van der Waals surface area contributed by atoms with Crippen LogP contribution in [0.1, 0.15) is 39.2 Å². The van der Waals surface area contributed by atoms with Crippen LogP contribution >= 0.6 is 0 Å². The second-order valence-corrected chi connectivity index (χ2v) is 6.38. The molecule has 1 fully saturated rings. The number of ether oxygens (including phenoxy) is 2. The molecule has 1 aliphatic rings. The van der Waals surface area contributed by atoms with Gasteiger partial charge in [0.15, 0.2) is 0 Å². The molecule has 0 bridgehead atoms. The van der Waals surface area contributed by atoms with Gasteiger partial charge in [0, 0.05) is 6.54 Å². The Morgan fingerprint density at radius 2 is 2.05 bits per heavy atom. The Bertz CT molecular complexity index is 453. The van der Waals surface area contributed by atoms with E-state index in [4.69, 9.17) is 9.47 Å². The van der Waals surface area contributed by atoms with Gasteiger partial charge in [-0.05, 0) is 45.6 Å². The third-order valence-electron chi connectivity index (χ3n) is 3.35. The average Bonchev–Trinajstić information content (AvgIpc) is 2.45. The van der Waals surface area contributed by atoms with E-state index >= 15 is 0 Å². The van der Waals surface area contributed by atoms with Crippen LogP contribution in [0.25, 0.3) is 0 Å². The number of benzene rings is 1. The molecule has 1 aromatic rings. The van der Waals surface area contributed by atoms with Crippen molar-refractivity contribution in [1.82, 2.24) is 4.90 Å². The zero-order valence-electron chi connectivity index (χ0n) is 13.2. The largest absolute Gasteiger partial charge is 0.444 e. The van der Waals surface area contributed by atoms with Crippen molar-refractivity contribution in [2.75, 3.05) is 13.2 Å². The molecular formula is C17H25NO3. The molecule has 0 aliphatic carbocycles. The summed E-state index contributed by atoms with van der Waals surface area (Å²) >= 11 is 0. The van der Waals surface area contributed by atoms with Crippen LogP contribution in [0.2, 0.25) is 0 Å². The molecule has 0 spiro atoms. The molecule has 4 nitrogen and oxygen atoms in total. The van der Waals surface area contributed by atoms with E-state index in [0.717, 1.165) is 19.3 Å². The van der Waals surface area contributed by atoms with Crippen LogP contribution < -0.4 is 0 Å². The molecular weight excluding hydrogens is 266 g/mol. The number of nitrogens with zero attached hydrogens (tertiary/aromatic N) is 1. The SMILES string of the molecule is CC(C)(C)OC(=O)N1CCCO[C@@H]1CCc1ccccc1. The average molecular weight is 291 g/mol. The number of aryl methyl sites for hydroxylation is 1. The molecule has 1 aromatic carbocycles. The van der Waals surface area contributed by atoms with E-state index in [2.05, 4.69) is 12.1 Å². The summed E-state index contributed by atoms with van der Waals surface area (Å²) in [5, 5.41) is 0. The fourth-order valence-electron chi connectivity index (χ4n) is 2.39. The van der Waals surface area contributed by atoms with E-state index in [1.165, 1.54) is 5.56 Å². The smallest absolute Gasteiger partial charge is 0.412 e. The van der Waals surface area contributed by atoms with E-state index in [9.17, 15) is 4.79 Å². The molecule has 2 rings (SSSR count). The van der Waals surface area contributed by atoms with E-state index in [-0.39, 0.29) is 12.3 Å². The van der Waals surface area contributed by atoms with Crippen LogP contribution in [-0.4, -0.2) is 36.0 Å². The summed E-state index contributed by atoms with van der Waals surface area (Å²) in [7, 11) is 0. The summed E-state index contributed by atoms with van der Waals surface area (Å²) in [5.41, 5.74) is 0.786. The van der Waals surface area contributed by atoms with Crippen LogP contribution in [-0.2, 0) is 15.9 Å². The molecule has 0 saturated carbocycles. The molecule has 1 amide bonds. The van der Waals surface area contributed by atoms with Crippen molar-refractivity contribution >= 4 is 6.09 Å². The minimum atomic E-state index is -0.474. The third kappa shape index (κ3) is 5.05. The lowest BCUT2D eigenvalue weighted by Crippen LogP contribution is -2.48. The van der Waals surface area contributed by atoms with Crippen molar-refractivity contribution in [2.24, 2.45) is 0 Å². The second kappa shape index (κ2) is 6.94. The lowest BCUT2D eigenvalue weighted by Gasteiger charge is -2.36. The van der Waals surface area contributed by atoms with Crippen molar-refractivity contribution < 1.29 is 14.3 Å². The first kappa shape index (κ1) is 15.8. The van der Waals surface area contributed by atoms with Crippen LogP contribution in [0.5, 0.6) is 0 Å². The van der Waals surface area contributed by atoms with Gasteiger partial charge in [0.05, 0.1) is 6.61 Å². The zero-order valence-corrected chi connectivity index (χ0v) is 13.2. The highest BCUT2D eigenvalue weighted by molar-refractivity contribution is 5.68. The molecule has 21 heavy (non-hydrogen) atoms. The van der Waals surface area contributed by atoms with E-state index < -0.39 is 5.60 Å². The van der Waals surface area contributed by atoms with Crippen molar-refractivity contribution in [3.05, 3.63) is 35.9 Å². The Hall–Kier alpha value is -1.55. The number of amides is 1. The zero-order chi connectivity index (χ0) is 15.3. The highest BCUT2D eigenvalue weighted by Gasteiger charge is 2.30. The van der Waals surface area contributed by atoms with Crippen LogP contribution in [0.3, 0.4) is 0 Å². The predicted molar refractivity (Wildman–Crippen MR) is 82.1 cm³/mol. The summed E-state index contributed by atoms with van der Waals surface area (Å²) in [6.45, 7) is 7.06. The monoisotopic (exact) mass is 291 g/mol. The number of hydrogen-bond donors (Lipinski definition) is 0. The van der Waals surface area contributed by atoms with Crippen molar-refractivity contribution in [3.63, 3.8) is 0 Å². The summed E-state index contributed by atoms with van der Waals surface area (Å²) < 4.78 is 11.2. The molecule has 1 heterocycles. The maximum atomic E-state index is 12.3. The summed E-state index contributed by atoms with van der Waals surface area (Å²) in [6.07, 6.45) is 2.09. The van der Waals surface area contributed by atoms with E-state index in [0.29, 0.717) is 13.2 Å². The lowest BCUT2D eigenvalue weighted by molar-refractivity contribution is -0.0982. The summed E-state index contributed by atoms with van der Waals surface area (Å²) in [6, 6.07) is 10.3. The van der Waals surface area contributed by atoms with Crippen molar-refractivity contribution in [1.29, 1.82) is 0 Å². The minimum Gasteiger partial charge on any atom is -0.444 e. The number of carbonyl (C=O) groups is 1. The van der Waals surface area contributed by atoms with Gasteiger partial charge in [-0.15, -0.1) is 0 Å². The number of hydrogen-bond acceptors (Lipinski definition) is 3. The van der Waals surface area contributed by atoms with Gasteiger partial charge in [-0.1, -0.05) is 30.3 Å². The Labute approximate surface area is 127 Å². The first-order chi connectivity index (χ1) is 9.96. The van der Waals surface area contributed by atoms with Gasteiger partial charge in [-0.2, -0.15) is 0 Å². The molecule has 1 aliphatic heterocycles. The Balaban J connectivity index is 1.94. The quantitative estimate of drug-likeness (QED) is 0.854. The fraction of sp³-hybridized carbons (Fsp3) is 0.588. The maximum Gasteiger partial charge on any atom is 0.412 e. The van der Waals surface area contributed by atoms with Crippen LogP contribution in [0.4, 0.5) is 4.79 Å². The highest BCUT2D eigenvalue weighted by atomic mass is 16.6. The topological polar surface area (TPSA) is 38.8 Å². The summed E-state index contributed by atoms with van der Waals surface area (Å²) in [5.74, 6) is 0. The first-order valence-electron chi connectivity index (χ1n) is 7.61. The minimum absolute atomic E-state index is 0.186. The highest BCUT2D eigenvalue weighted by Crippen LogP contribution is 2.19. The Morgan fingerprint density at radius 3 is 2.71 bits per heavy atom.